The fraction of sp³-hybridized carbons (Fsp3) is 0.333. The quantitative estimate of drug-likeness (QED) is 0.429. The second-order valence-corrected chi connectivity index (χ2v) is 3.27. The molecule has 0 saturated carbocycles. The first-order chi connectivity index (χ1) is 4.10. The summed E-state index contributed by atoms with van der Waals surface area (Å²) < 4.78 is 0. The van der Waals surface area contributed by atoms with Gasteiger partial charge in [-0.1, -0.05) is 29.3 Å². The maximum Gasteiger partial charge on any atom is 0.115 e. The first-order valence-electron chi connectivity index (χ1n) is 2.62. The van der Waals surface area contributed by atoms with Gasteiger partial charge in [-0.15, -0.1) is 0 Å². The van der Waals surface area contributed by atoms with Crippen LogP contribution in [-0.2, 0) is 0 Å². The van der Waals surface area contributed by atoms with E-state index < -0.39 is 5.00 Å². The highest BCUT2D eigenvalue weighted by Gasteiger charge is 2.20. The highest BCUT2D eigenvalue weighted by molar-refractivity contribution is 6.32. The number of hydrogen-bond donors (Lipinski definition) is 1. The molecule has 9 heavy (non-hydrogen) atoms. The molecule has 0 amide bonds. The summed E-state index contributed by atoms with van der Waals surface area (Å²) >= 11 is 11.4. The summed E-state index contributed by atoms with van der Waals surface area (Å²) in [6, 6.07) is 0. The molecule has 1 aliphatic rings. The van der Waals surface area contributed by atoms with E-state index in [0.717, 1.165) is 0 Å². The van der Waals surface area contributed by atoms with Crippen molar-refractivity contribution in [2.75, 3.05) is 0 Å². The number of alkyl halides is 1. The van der Waals surface area contributed by atoms with Crippen LogP contribution in [0.1, 0.15) is 6.42 Å². The number of hydrogen-bond acceptors (Lipinski definition) is 1. The molecule has 0 spiro atoms. The van der Waals surface area contributed by atoms with E-state index in [0.29, 0.717) is 11.5 Å². The van der Waals surface area contributed by atoms with Crippen LogP contribution in [0.3, 0.4) is 0 Å². The van der Waals surface area contributed by atoms with Crippen molar-refractivity contribution in [3.05, 3.63) is 23.3 Å². The largest absolute Gasteiger partial charge is 0.309 e. The van der Waals surface area contributed by atoms with Crippen molar-refractivity contribution in [2.24, 2.45) is 5.73 Å². The van der Waals surface area contributed by atoms with Gasteiger partial charge in [0.05, 0.1) is 0 Å². The Morgan fingerprint density at radius 1 is 1.67 bits per heavy atom. The van der Waals surface area contributed by atoms with Gasteiger partial charge in [0.25, 0.3) is 0 Å². The molecule has 0 heterocycles. The third-order valence-corrected chi connectivity index (χ3v) is 1.61. The summed E-state index contributed by atoms with van der Waals surface area (Å²) in [6.45, 7) is 0. The molecule has 1 aliphatic carbocycles. The lowest BCUT2D eigenvalue weighted by Gasteiger charge is -2.18. The molecule has 1 unspecified atom stereocenters. The average molecular weight is 164 g/mol. The number of halogens is 2. The van der Waals surface area contributed by atoms with Crippen LogP contribution in [0.2, 0.25) is 0 Å². The second-order valence-electron chi connectivity index (χ2n) is 2.08. The Balaban J connectivity index is 2.73. The minimum Gasteiger partial charge on any atom is -0.309 e. The molecular formula is C6H7Cl2N. The Hall–Kier alpha value is 0.0200. The van der Waals surface area contributed by atoms with Crippen LogP contribution in [0.25, 0.3) is 0 Å². The highest BCUT2D eigenvalue weighted by atomic mass is 35.5. The lowest BCUT2D eigenvalue weighted by Crippen LogP contribution is -2.31. The summed E-state index contributed by atoms with van der Waals surface area (Å²) in [6.07, 6.45) is 5.79. The lowest BCUT2D eigenvalue weighted by molar-refractivity contribution is 0.734. The van der Waals surface area contributed by atoms with Gasteiger partial charge in [0.2, 0.25) is 0 Å². The van der Waals surface area contributed by atoms with Gasteiger partial charge in [-0.05, 0) is 12.2 Å². The van der Waals surface area contributed by atoms with Gasteiger partial charge >= 0.3 is 0 Å². The third kappa shape index (κ3) is 2.01. The smallest absolute Gasteiger partial charge is 0.115 e. The average Bonchev–Trinajstić information content (AvgIpc) is 1.60. The molecule has 0 aromatic carbocycles. The summed E-state index contributed by atoms with van der Waals surface area (Å²) in [7, 11) is 0. The van der Waals surface area contributed by atoms with Crippen LogP contribution in [0, 0.1) is 0 Å². The van der Waals surface area contributed by atoms with E-state index in [1.54, 1.807) is 18.2 Å². The molecule has 0 aromatic heterocycles. The van der Waals surface area contributed by atoms with Crippen molar-refractivity contribution in [1.29, 1.82) is 0 Å². The van der Waals surface area contributed by atoms with E-state index >= 15 is 0 Å². The van der Waals surface area contributed by atoms with Crippen LogP contribution in [0.15, 0.2) is 23.3 Å². The van der Waals surface area contributed by atoms with E-state index in [1.807, 2.05) is 0 Å². The fourth-order valence-electron chi connectivity index (χ4n) is 0.689. The van der Waals surface area contributed by atoms with E-state index in [2.05, 4.69) is 0 Å². The van der Waals surface area contributed by atoms with Crippen LogP contribution in [0.4, 0.5) is 0 Å². The molecule has 1 rings (SSSR count). The Bertz CT molecular complexity index is 170. The molecule has 0 fully saturated rings. The van der Waals surface area contributed by atoms with Gasteiger partial charge in [-0.25, -0.2) is 0 Å². The van der Waals surface area contributed by atoms with E-state index in [9.17, 15) is 0 Å². The molecule has 2 N–H and O–H groups in total. The van der Waals surface area contributed by atoms with Gasteiger partial charge in [-0.3, -0.25) is 0 Å². The van der Waals surface area contributed by atoms with Crippen LogP contribution >= 0.6 is 23.2 Å². The molecule has 50 valence electrons. The first kappa shape index (κ1) is 7.13. The predicted molar refractivity (Wildman–Crippen MR) is 40.5 cm³/mol. The summed E-state index contributed by atoms with van der Waals surface area (Å²) in [4.78, 5) is -0.758. The zero-order chi connectivity index (χ0) is 6.91. The molecule has 0 radical (unpaired) electrons. The lowest BCUT2D eigenvalue weighted by atomic mass is 10.1. The summed E-state index contributed by atoms with van der Waals surface area (Å²) in [5, 5.41) is 0.704. The molecular weight excluding hydrogens is 157 g/mol. The number of allylic oxidation sites excluding steroid dienone is 2. The monoisotopic (exact) mass is 163 g/mol. The maximum atomic E-state index is 5.73. The molecule has 3 heteroatoms. The minimum absolute atomic E-state index is 0.520. The van der Waals surface area contributed by atoms with E-state index in [-0.39, 0.29) is 0 Å². The third-order valence-electron chi connectivity index (χ3n) is 1.09. The van der Waals surface area contributed by atoms with Crippen molar-refractivity contribution in [2.45, 2.75) is 11.4 Å². The Labute approximate surface area is 64.1 Å². The van der Waals surface area contributed by atoms with Crippen molar-refractivity contribution >= 4 is 23.2 Å². The first-order valence-corrected chi connectivity index (χ1v) is 3.37. The standard InChI is InChI=1S/C6H7Cl2N/c7-5-2-1-3-6(8,9)4-5/h1-3H,4,9H2. The minimum atomic E-state index is -0.758. The van der Waals surface area contributed by atoms with Gasteiger partial charge in [0.15, 0.2) is 0 Å². The van der Waals surface area contributed by atoms with Crippen molar-refractivity contribution in [1.82, 2.24) is 0 Å². The predicted octanol–water partition coefficient (Wildman–Crippen LogP) is 1.96. The normalized spacial score (nSPS) is 34.3. The molecule has 1 atom stereocenters. The molecule has 0 saturated heterocycles. The fourth-order valence-corrected chi connectivity index (χ4v) is 1.27. The zero-order valence-corrected chi connectivity index (χ0v) is 6.28. The van der Waals surface area contributed by atoms with Crippen molar-refractivity contribution in [3.8, 4) is 0 Å². The molecule has 0 bridgehead atoms. The molecule has 0 aliphatic heterocycles. The molecule has 0 aromatic rings. The summed E-state index contributed by atoms with van der Waals surface area (Å²) in [5.74, 6) is 0. The van der Waals surface area contributed by atoms with Crippen molar-refractivity contribution in [3.63, 3.8) is 0 Å². The van der Waals surface area contributed by atoms with Gasteiger partial charge in [-0.2, -0.15) is 0 Å². The highest BCUT2D eigenvalue weighted by Crippen LogP contribution is 2.25. The zero-order valence-electron chi connectivity index (χ0n) is 4.77. The van der Waals surface area contributed by atoms with Gasteiger partial charge in [0.1, 0.15) is 5.00 Å². The van der Waals surface area contributed by atoms with Crippen molar-refractivity contribution < 1.29 is 0 Å². The second kappa shape index (κ2) is 2.33. The van der Waals surface area contributed by atoms with E-state index in [4.69, 9.17) is 28.9 Å². The molecule has 1 nitrogen and oxygen atoms in total. The Morgan fingerprint density at radius 3 is 2.67 bits per heavy atom. The Kier molecular flexibility index (Phi) is 1.85. The number of nitrogens with two attached hydrogens (primary N) is 1. The van der Waals surface area contributed by atoms with Crippen LogP contribution < -0.4 is 5.73 Å². The Morgan fingerprint density at radius 2 is 2.33 bits per heavy atom. The van der Waals surface area contributed by atoms with Crippen LogP contribution in [0.5, 0.6) is 0 Å². The van der Waals surface area contributed by atoms with E-state index in [1.165, 1.54) is 0 Å². The number of rotatable bonds is 0. The maximum absolute atomic E-state index is 5.73. The SMILES string of the molecule is NC1(Cl)C=CC=C(Cl)C1. The van der Waals surface area contributed by atoms with Gasteiger partial charge in [0, 0.05) is 11.5 Å². The van der Waals surface area contributed by atoms with Gasteiger partial charge < -0.3 is 5.73 Å². The van der Waals surface area contributed by atoms with Crippen LogP contribution in [-0.4, -0.2) is 5.00 Å². The topological polar surface area (TPSA) is 26.0 Å². The summed E-state index contributed by atoms with van der Waals surface area (Å²) in [5.41, 5.74) is 5.52.